The van der Waals surface area contributed by atoms with E-state index in [1.165, 1.54) is 7.11 Å². The van der Waals surface area contributed by atoms with Gasteiger partial charge in [0.15, 0.2) is 0 Å². The van der Waals surface area contributed by atoms with Gasteiger partial charge in [-0.3, -0.25) is 4.79 Å². The first-order chi connectivity index (χ1) is 10.5. The SMILES string of the molecule is COC[C@H]1C(=O)O[C@H]2C[C@]3(C)O[C@H]3CC/C(CO)=C/[C@@H](O)[C@@H]21. The summed E-state index contributed by atoms with van der Waals surface area (Å²) in [5.74, 6) is -1.18. The zero-order valence-corrected chi connectivity index (χ0v) is 13.0. The van der Waals surface area contributed by atoms with Crippen molar-refractivity contribution in [3.05, 3.63) is 11.6 Å². The van der Waals surface area contributed by atoms with E-state index < -0.39 is 12.0 Å². The zero-order valence-electron chi connectivity index (χ0n) is 13.0. The molecule has 2 heterocycles. The highest BCUT2D eigenvalue weighted by molar-refractivity contribution is 5.75. The van der Waals surface area contributed by atoms with Crippen LogP contribution in [0.5, 0.6) is 0 Å². The van der Waals surface area contributed by atoms with Gasteiger partial charge >= 0.3 is 5.97 Å². The molecule has 0 aromatic rings. The largest absolute Gasteiger partial charge is 0.462 e. The molecule has 0 bridgehead atoms. The Labute approximate surface area is 130 Å². The molecular weight excluding hydrogens is 288 g/mol. The van der Waals surface area contributed by atoms with Crippen LogP contribution in [-0.2, 0) is 19.0 Å². The van der Waals surface area contributed by atoms with Crippen LogP contribution in [0.15, 0.2) is 11.6 Å². The van der Waals surface area contributed by atoms with Crippen LogP contribution in [-0.4, -0.2) is 60.4 Å². The number of ether oxygens (including phenoxy) is 3. The minimum Gasteiger partial charge on any atom is -0.462 e. The maximum absolute atomic E-state index is 12.1. The maximum Gasteiger partial charge on any atom is 0.312 e. The molecule has 3 aliphatic rings. The molecule has 1 aliphatic carbocycles. The van der Waals surface area contributed by atoms with Crippen molar-refractivity contribution >= 4 is 5.97 Å². The van der Waals surface area contributed by atoms with Crippen molar-refractivity contribution in [3.63, 3.8) is 0 Å². The van der Waals surface area contributed by atoms with Crippen LogP contribution in [0.25, 0.3) is 0 Å². The number of aliphatic hydroxyl groups is 2. The second-order valence-corrected chi connectivity index (χ2v) is 6.75. The van der Waals surface area contributed by atoms with Gasteiger partial charge in [0, 0.05) is 19.4 Å². The summed E-state index contributed by atoms with van der Waals surface area (Å²) in [4.78, 5) is 12.1. The lowest BCUT2D eigenvalue weighted by atomic mass is 9.80. The first kappa shape index (κ1) is 15.9. The van der Waals surface area contributed by atoms with Crippen molar-refractivity contribution in [1.29, 1.82) is 0 Å². The number of carbonyl (C=O) groups excluding carboxylic acids is 1. The predicted octanol–water partition coefficient (Wildman–Crippen LogP) is 0.412. The minimum atomic E-state index is -0.836. The minimum absolute atomic E-state index is 0.0956. The summed E-state index contributed by atoms with van der Waals surface area (Å²) in [6.45, 7) is 2.14. The predicted molar refractivity (Wildman–Crippen MR) is 77.0 cm³/mol. The molecule has 6 nitrogen and oxygen atoms in total. The number of rotatable bonds is 3. The molecule has 2 N–H and O–H groups in total. The standard InChI is InChI=1S/C16H24O6/c1-16-6-12-14(10(8-20-2)15(19)21-12)11(18)5-9(7-17)3-4-13(16)22-16/h5,10-14,17-18H,3-4,6-8H2,1-2H3/b9-5-/t10-,11-,12+,13+,14+,16+/m1/s1. The maximum atomic E-state index is 12.1. The van der Waals surface area contributed by atoms with Crippen molar-refractivity contribution in [2.45, 2.75) is 50.1 Å². The third kappa shape index (κ3) is 2.80. The van der Waals surface area contributed by atoms with Crippen LogP contribution < -0.4 is 0 Å². The second-order valence-electron chi connectivity index (χ2n) is 6.75. The number of aliphatic hydroxyl groups excluding tert-OH is 2. The van der Waals surface area contributed by atoms with Gasteiger partial charge in [0.1, 0.15) is 6.10 Å². The van der Waals surface area contributed by atoms with Crippen molar-refractivity contribution in [2.24, 2.45) is 11.8 Å². The Kier molecular flexibility index (Phi) is 4.29. The molecule has 0 radical (unpaired) electrons. The topological polar surface area (TPSA) is 88.5 Å². The van der Waals surface area contributed by atoms with Gasteiger partial charge in [-0.15, -0.1) is 0 Å². The van der Waals surface area contributed by atoms with Crippen LogP contribution in [0.3, 0.4) is 0 Å². The highest BCUT2D eigenvalue weighted by atomic mass is 16.6. The van der Waals surface area contributed by atoms with Gasteiger partial charge in [0.25, 0.3) is 0 Å². The second kappa shape index (κ2) is 5.92. The summed E-state index contributed by atoms with van der Waals surface area (Å²) >= 11 is 0. The number of fused-ring (bicyclic) bond motifs is 2. The number of carbonyl (C=O) groups is 1. The van der Waals surface area contributed by atoms with Crippen molar-refractivity contribution in [3.8, 4) is 0 Å². The first-order valence-corrected chi connectivity index (χ1v) is 7.84. The molecular formula is C16H24O6. The van der Waals surface area contributed by atoms with E-state index in [1.54, 1.807) is 6.08 Å². The Morgan fingerprint density at radius 1 is 1.50 bits per heavy atom. The van der Waals surface area contributed by atoms with E-state index in [2.05, 4.69) is 0 Å². The van der Waals surface area contributed by atoms with E-state index in [-0.39, 0.29) is 42.9 Å². The van der Waals surface area contributed by atoms with E-state index in [1.807, 2.05) is 6.92 Å². The van der Waals surface area contributed by atoms with Crippen LogP contribution in [0.1, 0.15) is 26.2 Å². The lowest BCUT2D eigenvalue weighted by Crippen LogP contribution is -2.37. The normalized spacial score (nSPS) is 47.0. The Hall–Kier alpha value is -0.950. The molecule has 124 valence electrons. The highest BCUT2D eigenvalue weighted by Crippen LogP contribution is 2.48. The van der Waals surface area contributed by atoms with Gasteiger partial charge in [0.2, 0.25) is 0 Å². The lowest BCUT2D eigenvalue weighted by molar-refractivity contribution is -0.145. The van der Waals surface area contributed by atoms with Crippen molar-refractivity contribution in [1.82, 2.24) is 0 Å². The molecule has 0 saturated carbocycles. The summed E-state index contributed by atoms with van der Waals surface area (Å²) in [5.41, 5.74) is 0.476. The van der Waals surface area contributed by atoms with E-state index in [4.69, 9.17) is 14.2 Å². The average molecular weight is 312 g/mol. The Bertz CT molecular complexity index is 475. The monoisotopic (exact) mass is 312 g/mol. The van der Waals surface area contributed by atoms with Crippen LogP contribution in [0.4, 0.5) is 0 Å². The van der Waals surface area contributed by atoms with E-state index in [9.17, 15) is 15.0 Å². The number of epoxide rings is 1. The Morgan fingerprint density at radius 2 is 2.27 bits per heavy atom. The van der Waals surface area contributed by atoms with Gasteiger partial charge in [0.05, 0.1) is 36.9 Å². The van der Waals surface area contributed by atoms with E-state index in [0.717, 1.165) is 12.0 Å². The summed E-state index contributed by atoms with van der Waals surface area (Å²) < 4.78 is 16.4. The fraction of sp³-hybridized carbons (Fsp3) is 0.812. The molecule has 0 amide bonds. The van der Waals surface area contributed by atoms with E-state index in [0.29, 0.717) is 12.8 Å². The fourth-order valence-electron chi connectivity index (χ4n) is 3.84. The average Bonchev–Trinajstić information content (AvgIpc) is 3.01. The third-order valence-corrected chi connectivity index (χ3v) is 5.18. The summed E-state index contributed by atoms with van der Waals surface area (Å²) in [7, 11) is 1.53. The molecule has 3 rings (SSSR count). The number of hydrogen-bond donors (Lipinski definition) is 2. The van der Waals surface area contributed by atoms with Gasteiger partial charge in [-0.25, -0.2) is 0 Å². The highest BCUT2D eigenvalue weighted by Gasteiger charge is 2.58. The van der Waals surface area contributed by atoms with Crippen LogP contribution in [0, 0.1) is 11.8 Å². The smallest absolute Gasteiger partial charge is 0.312 e. The molecule has 2 fully saturated rings. The molecule has 2 aliphatic heterocycles. The first-order valence-electron chi connectivity index (χ1n) is 7.84. The van der Waals surface area contributed by atoms with Crippen LogP contribution in [0.2, 0.25) is 0 Å². The lowest BCUT2D eigenvalue weighted by Gasteiger charge is -2.26. The summed E-state index contributed by atoms with van der Waals surface area (Å²) in [5, 5.41) is 20.1. The van der Waals surface area contributed by atoms with Gasteiger partial charge in [-0.2, -0.15) is 0 Å². The van der Waals surface area contributed by atoms with Crippen molar-refractivity contribution in [2.75, 3.05) is 20.3 Å². The summed E-state index contributed by atoms with van der Waals surface area (Å²) in [6.07, 6.45) is 2.67. The quantitative estimate of drug-likeness (QED) is 0.446. The number of methoxy groups -OCH3 is 1. The molecule has 6 atom stereocenters. The molecule has 0 unspecified atom stereocenters. The van der Waals surface area contributed by atoms with E-state index >= 15 is 0 Å². The number of esters is 1. The fourth-order valence-corrected chi connectivity index (χ4v) is 3.84. The van der Waals surface area contributed by atoms with Gasteiger partial charge < -0.3 is 24.4 Å². The zero-order chi connectivity index (χ0) is 15.9. The molecule has 0 spiro atoms. The molecule has 6 heteroatoms. The third-order valence-electron chi connectivity index (χ3n) is 5.18. The summed E-state index contributed by atoms with van der Waals surface area (Å²) in [6, 6.07) is 0. The van der Waals surface area contributed by atoms with Gasteiger partial charge in [-0.05, 0) is 25.3 Å². The van der Waals surface area contributed by atoms with Gasteiger partial charge in [-0.1, -0.05) is 6.08 Å². The molecule has 0 aromatic carbocycles. The number of hydrogen-bond acceptors (Lipinski definition) is 6. The van der Waals surface area contributed by atoms with Crippen LogP contribution >= 0.6 is 0 Å². The molecule has 0 aromatic heterocycles. The molecule has 22 heavy (non-hydrogen) atoms. The Morgan fingerprint density at radius 3 is 2.95 bits per heavy atom. The Balaban J connectivity index is 1.90. The van der Waals surface area contributed by atoms with Crippen molar-refractivity contribution < 1.29 is 29.2 Å². The molecule has 2 saturated heterocycles.